The summed E-state index contributed by atoms with van der Waals surface area (Å²) < 4.78 is 10.2. The molecule has 0 aliphatic rings. The standard InChI is InChI=1S/C17H20N2O5/c1-4-11(2)19-17(22)13(9-18)7-12-5-6-14(15(8-12)23-3)24-10-16(20)21/h5-8,11H,4,10H2,1-3H3,(H,19,22)(H,20,21)/b13-7+/t11-/m0/s1. The number of hydrogen-bond donors (Lipinski definition) is 2. The van der Waals surface area contributed by atoms with E-state index in [0.29, 0.717) is 11.3 Å². The maximum Gasteiger partial charge on any atom is 0.341 e. The van der Waals surface area contributed by atoms with Crippen molar-refractivity contribution >= 4 is 18.0 Å². The van der Waals surface area contributed by atoms with Crippen LogP contribution in [-0.4, -0.2) is 36.7 Å². The Hall–Kier alpha value is -3.01. The second-order valence-electron chi connectivity index (χ2n) is 5.05. The number of methoxy groups -OCH3 is 1. The van der Waals surface area contributed by atoms with E-state index in [1.165, 1.54) is 19.3 Å². The number of nitrogens with zero attached hydrogens (tertiary/aromatic N) is 1. The quantitative estimate of drug-likeness (QED) is 0.556. The highest BCUT2D eigenvalue weighted by Crippen LogP contribution is 2.28. The van der Waals surface area contributed by atoms with Crippen molar-refractivity contribution in [2.75, 3.05) is 13.7 Å². The van der Waals surface area contributed by atoms with Crippen LogP contribution >= 0.6 is 0 Å². The normalized spacial score (nSPS) is 12.0. The summed E-state index contributed by atoms with van der Waals surface area (Å²) in [5, 5.41) is 20.5. The van der Waals surface area contributed by atoms with Crippen LogP contribution in [0.5, 0.6) is 11.5 Å². The van der Waals surface area contributed by atoms with Crippen LogP contribution in [0.3, 0.4) is 0 Å². The van der Waals surface area contributed by atoms with Crippen LogP contribution in [0.25, 0.3) is 6.08 Å². The fraction of sp³-hybridized carbons (Fsp3) is 0.353. The molecule has 24 heavy (non-hydrogen) atoms. The molecule has 1 rings (SSSR count). The van der Waals surface area contributed by atoms with E-state index in [2.05, 4.69) is 5.32 Å². The van der Waals surface area contributed by atoms with Crippen LogP contribution in [0.2, 0.25) is 0 Å². The number of carboxylic acid groups (broad SMARTS) is 1. The Morgan fingerprint density at radius 2 is 2.12 bits per heavy atom. The largest absolute Gasteiger partial charge is 0.493 e. The molecular formula is C17H20N2O5. The summed E-state index contributed by atoms with van der Waals surface area (Å²) in [6, 6.07) is 6.53. The van der Waals surface area contributed by atoms with Crippen molar-refractivity contribution in [2.24, 2.45) is 0 Å². The lowest BCUT2D eigenvalue weighted by Crippen LogP contribution is -2.32. The molecule has 1 aromatic rings. The van der Waals surface area contributed by atoms with E-state index in [0.717, 1.165) is 6.42 Å². The van der Waals surface area contributed by atoms with E-state index in [9.17, 15) is 9.59 Å². The summed E-state index contributed by atoms with van der Waals surface area (Å²) in [4.78, 5) is 22.6. The monoisotopic (exact) mass is 332 g/mol. The maximum atomic E-state index is 12.0. The number of rotatable bonds is 8. The number of carbonyl (C=O) groups excluding carboxylic acids is 1. The summed E-state index contributed by atoms with van der Waals surface area (Å²) in [5.74, 6) is -0.976. The molecule has 0 saturated carbocycles. The van der Waals surface area contributed by atoms with Gasteiger partial charge in [0.2, 0.25) is 0 Å². The zero-order valence-electron chi connectivity index (χ0n) is 13.8. The molecule has 1 aromatic carbocycles. The third-order valence-electron chi connectivity index (χ3n) is 3.20. The van der Waals surface area contributed by atoms with E-state index in [-0.39, 0.29) is 17.4 Å². The van der Waals surface area contributed by atoms with Gasteiger partial charge in [-0.15, -0.1) is 0 Å². The van der Waals surface area contributed by atoms with E-state index in [1.54, 1.807) is 12.1 Å². The third-order valence-corrected chi connectivity index (χ3v) is 3.20. The minimum atomic E-state index is -1.10. The van der Waals surface area contributed by atoms with Gasteiger partial charge in [-0.2, -0.15) is 5.26 Å². The topological polar surface area (TPSA) is 109 Å². The molecule has 0 spiro atoms. The van der Waals surface area contributed by atoms with Crippen LogP contribution in [-0.2, 0) is 9.59 Å². The van der Waals surface area contributed by atoms with Gasteiger partial charge in [-0.1, -0.05) is 13.0 Å². The van der Waals surface area contributed by atoms with Crippen LogP contribution < -0.4 is 14.8 Å². The molecule has 1 amide bonds. The Morgan fingerprint density at radius 1 is 1.42 bits per heavy atom. The fourth-order valence-electron chi connectivity index (χ4n) is 1.75. The van der Waals surface area contributed by atoms with E-state index in [4.69, 9.17) is 19.8 Å². The van der Waals surface area contributed by atoms with Crippen molar-refractivity contribution in [2.45, 2.75) is 26.3 Å². The van der Waals surface area contributed by atoms with E-state index < -0.39 is 18.5 Å². The van der Waals surface area contributed by atoms with Gasteiger partial charge in [0, 0.05) is 6.04 Å². The molecule has 0 fully saturated rings. The highest BCUT2D eigenvalue weighted by Gasteiger charge is 2.13. The molecule has 0 bridgehead atoms. The van der Waals surface area contributed by atoms with Crippen molar-refractivity contribution in [3.05, 3.63) is 29.3 Å². The molecule has 0 heterocycles. The van der Waals surface area contributed by atoms with Crippen molar-refractivity contribution < 1.29 is 24.2 Å². The van der Waals surface area contributed by atoms with Gasteiger partial charge >= 0.3 is 5.97 Å². The van der Waals surface area contributed by atoms with Gasteiger partial charge in [0.25, 0.3) is 5.91 Å². The molecular weight excluding hydrogens is 312 g/mol. The molecule has 0 aliphatic carbocycles. The summed E-state index contributed by atoms with van der Waals surface area (Å²) >= 11 is 0. The number of hydrogen-bond acceptors (Lipinski definition) is 5. The van der Waals surface area contributed by atoms with Gasteiger partial charge in [-0.3, -0.25) is 4.79 Å². The lowest BCUT2D eigenvalue weighted by molar-refractivity contribution is -0.139. The molecule has 0 aromatic heterocycles. The first-order valence-corrected chi connectivity index (χ1v) is 7.36. The maximum absolute atomic E-state index is 12.0. The summed E-state index contributed by atoms with van der Waals surface area (Å²) in [6.45, 7) is 3.29. The lowest BCUT2D eigenvalue weighted by atomic mass is 10.1. The van der Waals surface area contributed by atoms with Crippen molar-refractivity contribution in [3.8, 4) is 17.6 Å². The Bertz CT molecular complexity index is 676. The van der Waals surface area contributed by atoms with Crippen molar-refractivity contribution in [1.82, 2.24) is 5.32 Å². The molecule has 128 valence electrons. The SMILES string of the molecule is CC[C@H](C)NC(=O)/C(C#N)=C/c1ccc(OCC(=O)O)c(OC)c1. The van der Waals surface area contributed by atoms with Crippen molar-refractivity contribution in [1.29, 1.82) is 5.26 Å². The second kappa shape index (κ2) is 9.20. The van der Waals surface area contributed by atoms with E-state index >= 15 is 0 Å². The Labute approximate surface area is 140 Å². The average Bonchev–Trinajstić information content (AvgIpc) is 2.57. The van der Waals surface area contributed by atoms with Gasteiger partial charge in [-0.05, 0) is 37.1 Å². The predicted molar refractivity (Wildman–Crippen MR) is 87.6 cm³/mol. The third kappa shape index (κ3) is 5.65. The number of ether oxygens (including phenoxy) is 2. The predicted octanol–water partition coefficient (Wildman–Crippen LogP) is 1.98. The molecule has 0 unspecified atom stereocenters. The first-order chi connectivity index (χ1) is 11.4. The molecule has 1 atom stereocenters. The van der Waals surface area contributed by atoms with Crippen LogP contribution in [0.1, 0.15) is 25.8 Å². The number of carboxylic acids is 1. The highest BCUT2D eigenvalue weighted by atomic mass is 16.5. The van der Waals surface area contributed by atoms with Crippen LogP contribution in [0.15, 0.2) is 23.8 Å². The molecule has 0 radical (unpaired) electrons. The van der Waals surface area contributed by atoms with Gasteiger partial charge in [-0.25, -0.2) is 4.79 Å². The minimum Gasteiger partial charge on any atom is -0.493 e. The second-order valence-corrected chi connectivity index (χ2v) is 5.05. The summed E-state index contributed by atoms with van der Waals surface area (Å²) in [7, 11) is 1.41. The molecule has 7 nitrogen and oxygen atoms in total. The Morgan fingerprint density at radius 3 is 2.67 bits per heavy atom. The minimum absolute atomic E-state index is 0.0310. The Balaban J connectivity index is 3.01. The lowest BCUT2D eigenvalue weighted by Gasteiger charge is -2.11. The highest BCUT2D eigenvalue weighted by molar-refractivity contribution is 6.01. The smallest absolute Gasteiger partial charge is 0.341 e. The average molecular weight is 332 g/mol. The number of amides is 1. The first-order valence-electron chi connectivity index (χ1n) is 7.36. The zero-order chi connectivity index (χ0) is 18.1. The number of nitrogens with one attached hydrogen (secondary N) is 1. The molecule has 0 aliphatic heterocycles. The van der Waals surface area contributed by atoms with Crippen LogP contribution in [0.4, 0.5) is 0 Å². The molecule has 0 saturated heterocycles. The summed E-state index contributed by atoms with van der Waals surface area (Å²) in [6.07, 6.45) is 2.19. The molecule has 7 heteroatoms. The van der Waals surface area contributed by atoms with Gasteiger partial charge in [0.1, 0.15) is 11.6 Å². The van der Waals surface area contributed by atoms with Crippen molar-refractivity contribution in [3.63, 3.8) is 0 Å². The number of aliphatic carboxylic acids is 1. The number of nitriles is 1. The summed E-state index contributed by atoms with van der Waals surface area (Å²) in [5.41, 5.74) is 0.530. The zero-order valence-corrected chi connectivity index (χ0v) is 13.8. The number of carbonyl (C=O) groups is 2. The first kappa shape index (κ1) is 19.0. The fourth-order valence-corrected chi connectivity index (χ4v) is 1.75. The van der Waals surface area contributed by atoms with Gasteiger partial charge in [0.15, 0.2) is 18.1 Å². The van der Waals surface area contributed by atoms with Gasteiger partial charge in [0.05, 0.1) is 7.11 Å². The molecule has 2 N–H and O–H groups in total. The number of benzene rings is 1. The van der Waals surface area contributed by atoms with Gasteiger partial charge < -0.3 is 19.9 Å². The van der Waals surface area contributed by atoms with Crippen LogP contribution in [0, 0.1) is 11.3 Å². The Kier molecular flexibility index (Phi) is 7.30. The van der Waals surface area contributed by atoms with E-state index in [1.807, 2.05) is 19.9 Å².